The molecular weight excluding hydrogens is 421 g/mol. The van der Waals surface area contributed by atoms with Gasteiger partial charge in [0.05, 0.1) is 11.1 Å². The molecule has 0 saturated carbocycles. The second-order valence-electron chi connectivity index (χ2n) is 9.95. The fraction of sp³-hybridized carbons (Fsp3) is 0.258. The molecular formula is C31H29FNO+. The molecule has 2 aromatic heterocycles. The van der Waals surface area contributed by atoms with Crippen LogP contribution in [0.5, 0.6) is 0 Å². The standard InChI is InChI=1S/C31H29FNO/c1-18(2)21-16-20-8-7-9-22(20)25(17-21)29-26(32)14-13-24-23-12-11-19(3)28(30(23)34-31(24)29)27-10-5-6-15-33(27)4/h5-6,10-18H,7-9H2,1-4H3/q+1. The van der Waals surface area contributed by atoms with Gasteiger partial charge in [-0.1, -0.05) is 38.1 Å². The zero-order chi connectivity index (χ0) is 23.6. The molecule has 0 bridgehead atoms. The molecule has 2 heterocycles. The van der Waals surface area contributed by atoms with Crippen molar-refractivity contribution in [3.05, 3.63) is 88.9 Å². The Kier molecular flexibility index (Phi) is 4.84. The van der Waals surface area contributed by atoms with E-state index in [-0.39, 0.29) is 5.82 Å². The number of nitrogens with zero attached hydrogens (tertiary/aromatic N) is 1. The third kappa shape index (κ3) is 3.10. The van der Waals surface area contributed by atoms with Gasteiger partial charge in [0.25, 0.3) is 0 Å². The highest BCUT2D eigenvalue weighted by atomic mass is 19.1. The molecule has 0 radical (unpaired) electrons. The minimum atomic E-state index is -0.217. The normalized spacial score (nSPS) is 13.4. The molecule has 1 aliphatic carbocycles. The summed E-state index contributed by atoms with van der Waals surface area (Å²) in [5.41, 5.74) is 10.3. The van der Waals surface area contributed by atoms with E-state index in [9.17, 15) is 0 Å². The van der Waals surface area contributed by atoms with Crippen molar-refractivity contribution >= 4 is 21.9 Å². The van der Waals surface area contributed by atoms with Gasteiger partial charge in [-0.05, 0) is 78.1 Å². The average molecular weight is 451 g/mol. The number of rotatable bonds is 3. The zero-order valence-corrected chi connectivity index (χ0v) is 20.2. The highest BCUT2D eigenvalue weighted by molar-refractivity contribution is 6.13. The molecule has 3 aromatic carbocycles. The summed E-state index contributed by atoms with van der Waals surface area (Å²) in [4.78, 5) is 0. The Bertz CT molecular complexity index is 1590. The third-order valence-electron chi connectivity index (χ3n) is 7.45. The highest BCUT2D eigenvalue weighted by Crippen LogP contribution is 2.44. The van der Waals surface area contributed by atoms with Crippen LogP contribution in [0, 0.1) is 12.7 Å². The first kappa shape index (κ1) is 21.1. The number of aryl methyl sites for hydroxylation is 3. The lowest BCUT2D eigenvalue weighted by atomic mass is 9.89. The van der Waals surface area contributed by atoms with Crippen LogP contribution in [-0.2, 0) is 19.9 Å². The molecule has 6 rings (SSSR count). The Balaban J connectivity index is 1.71. The molecule has 0 atom stereocenters. The molecule has 5 aromatic rings. The van der Waals surface area contributed by atoms with Crippen LogP contribution in [0.15, 0.2) is 65.2 Å². The van der Waals surface area contributed by atoms with Crippen molar-refractivity contribution in [1.82, 2.24) is 0 Å². The minimum absolute atomic E-state index is 0.217. The lowest BCUT2D eigenvalue weighted by molar-refractivity contribution is -0.660. The van der Waals surface area contributed by atoms with Crippen molar-refractivity contribution in [2.24, 2.45) is 7.05 Å². The number of hydrogen-bond donors (Lipinski definition) is 0. The maximum absolute atomic E-state index is 15.6. The number of hydrogen-bond acceptors (Lipinski definition) is 1. The molecule has 0 aliphatic heterocycles. The van der Waals surface area contributed by atoms with E-state index < -0.39 is 0 Å². The molecule has 0 N–H and O–H groups in total. The van der Waals surface area contributed by atoms with Crippen LogP contribution >= 0.6 is 0 Å². The van der Waals surface area contributed by atoms with Gasteiger partial charge in [0.15, 0.2) is 6.20 Å². The summed E-state index contributed by atoms with van der Waals surface area (Å²) in [5, 5.41) is 1.99. The summed E-state index contributed by atoms with van der Waals surface area (Å²) in [6.45, 7) is 6.51. The molecule has 0 amide bonds. The maximum atomic E-state index is 15.6. The number of pyridine rings is 1. The predicted molar refractivity (Wildman–Crippen MR) is 137 cm³/mol. The van der Waals surface area contributed by atoms with E-state index in [0.717, 1.165) is 58.0 Å². The Morgan fingerprint density at radius 3 is 2.44 bits per heavy atom. The van der Waals surface area contributed by atoms with E-state index >= 15 is 4.39 Å². The molecule has 1 aliphatic rings. The average Bonchev–Trinajstić information content (AvgIpc) is 3.43. The first-order chi connectivity index (χ1) is 16.4. The van der Waals surface area contributed by atoms with Crippen LogP contribution in [0.3, 0.4) is 0 Å². The molecule has 2 nitrogen and oxygen atoms in total. The van der Waals surface area contributed by atoms with E-state index in [4.69, 9.17) is 4.42 Å². The van der Waals surface area contributed by atoms with E-state index in [2.05, 4.69) is 55.7 Å². The second kappa shape index (κ2) is 7.80. The largest absolute Gasteiger partial charge is 0.454 e. The van der Waals surface area contributed by atoms with Crippen LogP contribution in [0.2, 0.25) is 0 Å². The Hall–Kier alpha value is -3.46. The Morgan fingerprint density at radius 2 is 1.68 bits per heavy atom. The minimum Gasteiger partial charge on any atom is -0.454 e. The van der Waals surface area contributed by atoms with Crippen molar-refractivity contribution in [3.63, 3.8) is 0 Å². The van der Waals surface area contributed by atoms with Gasteiger partial charge < -0.3 is 4.42 Å². The maximum Gasteiger partial charge on any atom is 0.216 e. The topological polar surface area (TPSA) is 17.0 Å². The lowest BCUT2D eigenvalue weighted by Crippen LogP contribution is -2.30. The molecule has 3 heteroatoms. The van der Waals surface area contributed by atoms with Gasteiger partial charge in [0, 0.05) is 22.9 Å². The zero-order valence-electron chi connectivity index (χ0n) is 20.2. The van der Waals surface area contributed by atoms with E-state index in [1.54, 1.807) is 6.07 Å². The van der Waals surface area contributed by atoms with E-state index in [0.29, 0.717) is 17.1 Å². The molecule has 0 spiro atoms. The van der Waals surface area contributed by atoms with Crippen molar-refractivity contribution in [2.75, 3.05) is 0 Å². The van der Waals surface area contributed by atoms with Crippen LogP contribution in [0.1, 0.15) is 48.4 Å². The van der Waals surface area contributed by atoms with Gasteiger partial charge in [-0.2, -0.15) is 0 Å². The van der Waals surface area contributed by atoms with E-state index in [1.165, 1.54) is 16.7 Å². The number of aromatic nitrogens is 1. The fourth-order valence-corrected chi connectivity index (χ4v) is 5.62. The quantitative estimate of drug-likeness (QED) is 0.256. The Morgan fingerprint density at radius 1 is 0.912 bits per heavy atom. The predicted octanol–water partition coefficient (Wildman–Crippen LogP) is 7.80. The second-order valence-corrected chi connectivity index (χ2v) is 9.95. The van der Waals surface area contributed by atoms with Gasteiger partial charge >= 0.3 is 0 Å². The number of fused-ring (bicyclic) bond motifs is 4. The van der Waals surface area contributed by atoms with Crippen molar-refractivity contribution < 1.29 is 13.4 Å². The van der Waals surface area contributed by atoms with Crippen molar-refractivity contribution in [3.8, 4) is 22.4 Å². The molecule has 0 fully saturated rings. The highest BCUT2D eigenvalue weighted by Gasteiger charge is 2.26. The first-order valence-corrected chi connectivity index (χ1v) is 12.2. The molecule has 170 valence electrons. The third-order valence-corrected chi connectivity index (χ3v) is 7.45. The van der Waals surface area contributed by atoms with Crippen LogP contribution in [-0.4, -0.2) is 0 Å². The Labute approximate surface area is 199 Å². The summed E-state index contributed by atoms with van der Waals surface area (Å²) in [7, 11) is 2.04. The first-order valence-electron chi connectivity index (χ1n) is 12.2. The molecule has 0 unspecified atom stereocenters. The summed E-state index contributed by atoms with van der Waals surface area (Å²) in [6.07, 6.45) is 5.22. The smallest absolute Gasteiger partial charge is 0.216 e. The van der Waals surface area contributed by atoms with Gasteiger partial charge in [0.1, 0.15) is 24.0 Å². The van der Waals surface area contributed by atoms with Gasteiger partial charge in [0.2, 0.25) is 5.69 Å². The molecule has 0 saturated heterocycles. The number of furan rings is 1. The summed E-state index contributed by atoms with van der Waals surface area (Å²) >= 11 is 0. The summed E-state index contributed by atoms with van der Waals surface area (Å²) < 4.78 is 24.4. The van der Waals surface area contributed by atoms with Crippen LogP contribution in [0.25, 0.3) is 44.3 Å². The summed E-state index contributed by atoms with van der Waals surface area (Å²) in [5.74, 6) is 0.167. The van der Waals surface area contributed by atoms with Crippen LogP contribution in [0.4, 0.5) is 4.39 Å². The number of halogens is 1. The van der Waals surface area contributed by atoms with Crippen LogP contribution < -0.4 is 4.57 Å². The fourth-order valence-electron chi connectivity index (χ4n) is 5.62. The lowest BCUT2D eigenvalue weighted by Gasteiger charge is -2.15. The van der Waals surface area contributed by atoms with Crippen molar-refractivity contribution in [1.29, 1.82) is 0 Å². The molecule has 34 heavy (non-hydrogen) atoms. The summed E-state index contributed by atoms with van der Waals surface area (Å²) in [6, 6.07) is 18.4. The number of benzene rings is 3. The van der Waals surface area contributed by atoms with Gasteiger partial charge in [-0.25, -0.2) is 8.96 Å². The van der Waals surface area contributed by atoms with E-state index in [1.807, 2.05) is 31.4 Å². The SMILES string of the molecule is Cc1ccc2c(oc3c(-c4cc(C(C)C)cc5c4CCC5)c(F)ccc32)c1-c1cccc[n+]1C. The monoisotopic (exact) mass is 450 g/mol. The van der Waals surface area contributed by atoms with Crippen molar-refractivity contribution in [2.45, 2.75) is 46.0 Å². The van der Waals surface area contributed by atoms with Gasteiger partial charge in [-0.3, -0.25) is 0 Å². The van der Waals surface area contributed by atoms with Gasteiger partial charge in [-0.15, -0.1) is 0 Å².